The van der Waals surface area contributed by atoms with Gasteiger partial charge in [-0.1, -0.05) is 18.2 Å². The predicted octanol–water partition coefficient (Wildman–Crippen LogP) is 1.89. The van der Waals surface area contributed by atoms with Crippen LogP contribution >= 0.6 is 22.9 Å². The number of benzene rings is 1. The lowest BCUT2D eigenvalue weighted by Crippen LogP contribution is -2.03. The molecule has 2 nitrogen and oxygen atoms in total. The first-order chi connectivity index (χ1) is 5.77. The Hall–Kier alpha value is -0.130. The van der Waals surface area contributed by atoms with E-state index in [-0.39, 0.29) is 0 Å². The fourth-order valence-electron chi connectivity index (χ4n) is 1.11. The Morgan fingerprint density at radius 2 is 2.25 bits per heavy atom. The molecular formula is C9H13IN2. The molecule has 0 fully saturated rings. The molecule has 0 unspecified atom stereocenters. The molecule has 0 heterocycles. The standard InChI is InChI=1S/C9H13IN2/c1-7-2-3-8(5-11)4-9(7)6-12-10/h2-4,12H,5-6,11H2,1H3. The molecule has 0 aromatic heterocycles. The summed E-state index contributed by atoms with van der Waals surface area (Å²) in [5, 5.41) is 0. The van der Waals surface area contributed by atoms with Crippen molar-refractivity contribution in [2.24, 2.45) is 5.73 Å². The Balaban J connectivity index is 2.91. The van der Waals surface area contributed by atoms with Crippen LogP contribution in [0.1, 0.15) is 16.7 Å². The van der Waals surface area contributed by atoms with E-state index in [0.29, 0.717) is 6.54 Å². The van der Waals surface area contributed by atoms with Gasteiger partial charge in [0.15, 0.2) is 0 Å². The predicted molar refractivity (Wildman–Crippen MR) is 59.9 cm³/mol. The van der Waals surface area contributed by atoms with Crippen LogP contribution in [0.5, 0.6) is 0 Å². The minimum absolute atomic E-state index is 0.620. The summed E-state index contributed by atoms with van der Waals surface area (Å²) in [6.07, 6.45) is 0. The second-order valence-electron chi connectivity index (χ2n) is 2.78. The minimum Gasteiger partial charge on any atom is -0.326 e. The average Bonchev–Trinajstić information content (AvgIpc) is 2.09. The maximum Gasteiger partial charge on any atom is 0.0304 e. The van der Waals surface area contributed by atoms with E-state index < -0.39 is 0 Å². The zero-order valence-corrected chi connectivity index (χ0v) is 9.26. The summed E-state index contributed by atoms with van der Waals surface area (Å²) in [4.78, 5) is 0. The summed E-state index contributed by atoms with van der Waals surface area (Å²) in [5.74, 6) is 0. The van der Waals surface area contributed by atoms with Gasteiger partial charge in [0.1, 0.15) is 0 Å². The molecule has 3 heteroatoms. The van der Waals surface area contributed by atoms with Gasteiger partial charge in [0.25, 0.3) is 0 Å². The Bertz CT molecular complexity index is 261. The first-order valence-corrected chi connectivity index (χ1v) is 4.97. The maximum atomic E-state index is 5.54. The molecule has 0 spiro atoms. The largest absolute Gasteiger partial charge is 0.326 e. The second kappa shape index (κ2) is 4.79. The third-order valence-corrected chi connectivity index (χ3v) is 2.29. The summed E-state index contributed by atoms with van der Waals surface area (Å²) in [6.45, 7) is 3.64. The van der Waals surface area contributed by atoms with Crippen LogP contribution in [0.4, 0.5) is 0 Å². The molecular weight excluding hydrogens is 263 g/mol. The van der Waals surface area contributed by atoms with Crippen LogP contribution in [0.3, 0.4) is 0 Å². The molecule has 0 bridgehead atoms. The van der Waals surface area contributed by atoms with E-state index in [9.17, 15) is 0 Å². The molecule has 66 valence electrons. The maximum absolute atomic E-state index is 5.54. The molecule has 0 saturated carbocycles. The van der Waals surface area contributed by atoms with Crippen molar-refractivity contribution in [3.05, 3.63) is 34.9 Å². The molecule has 12 heavy (non-hydrogen) atoms. The SMILES string of the molecule is Cc1ccc(CN)cc1CNI. The number of rotatable bonds is 3. The van der Waals surface area contributed by atoms with Crippen LogP contribution in [-0.4, -0.2) is 0 Å². The van der Waals surface area contributed by atoms with Gasteiger partial charge in [-0.15, -0.1) is 0 Å². The zero-order chi connectivity index (χ0) is 8.97. The van der Waals surface area contributed by atoms with Crippen molar-refractivity contribution >= 4 is 22.9 Å². The van der Waals surface area contributed by atoms with Gasteiger partial charge in [-0.2, -0.15) is 0 Å². The quantitative estimate of drug-likeness (QED) is 0.653. The van der Waals surface area contributed by atoms with Crippen LogP contribution in [0, 0.1) is 6.92 Å². The first-order valence-electron chi connectivity index (χ1n) is 3.90. The molecule has 0 aliphatic heterocycles. The van der Waals surface area contributed by atoms with Crippen LogP contribution in [0.15, 0.2) is 18.2 Å². The molecule has 1 aromatic rings. The lowest BCUT2D eigenvalue weighted by atomic mass is 10.1. The summed E-state index contributed by atoms with van der Waals surface area (Å²) >= 11 is 2.15. The molecule has 3 N–H and O–H groups in total. The molecule has 1 aromatic carbocycles. The Morgan fingerprint density at radius 1 is 1.50 bits per heavy atom. The molecule has 0 radical (unpaired) electrons. The summed E-state index contributed by atoms with van der Waals surface area (Å²) in [7, 11) is 0. The van der Waals surface area contributed by atoms with Crippen molar-refractivity contribution < 1.29 is 0 Å². The number of hydrogen-bond donors (Lipinski definition) is 2. The highest BCUT2D eigenvalue weighted by molar-refractivity contribution is 14.1. The first kappa shape index (κ1) is 9.95. The Kier molecular flexibility index (Phi) is 3.97. The minimum atomic E-state index is 0.620. The fraction of sp³-hybridized carbons (Fsp3) is 0.333. The van der Waals surface area contributed by atoms with Crippen molar-refractivity contribution in [2.75, 3.05) is 0 Å². The van der Waals surface area contributed by atoms with Gasteiger partial charge in [-0.3, -0.25) is 3.53 Å². The zero-order valence-electron chi connectivity index (χ0n) is 7.10. The van der Waals surface area contributed by atoms with Crippen LogP contribution in [0.2, 0.25) is 0 Å². The lowest BCUT2D eigenvalue weighted by molar-refractivity contribution is 0.977. The van der Waals surface area contributed by atoms with Crippen LogP contribution in [0.25, 0.3) is 0 Å². The molecule has 0 saturated heterocycles. The highest BCUT2D eigenvalue weighted by Gasteiger charge is 1.97. The van der Waals surface area contributed by atoms with E-state index >= 15 is 0 Å². The monoisotopic (exact) mass is 276 g/mol. The number of nitrogens with one attached hydrogen (secondary N) is 1. The van der Waals surface area contributed by atoms with Crippen molar-refractivity contribution in [2.45, 2.75) is 20.0 Å². The number of halogens is 1. The van der Waals surface area contributed by atoms with Crippen molar-refractivity contribution in [3.8, 4) is 0 Å². The van der Waals surface area contributed by atoms with E-state index in [1.807, 2.05) is 0 Å². The van der Waals surface area contributed by atoms with Gasteiger partial charge in [-0.05, 0) is 23.6 Å². The topological polar surface area (TPSA) is 38.0 Å². The van der Waals surface area contributed by atoms with Gasteiger partial charge < -0.3 is 5.73 Å². The molecule has 0 atom stereocenters. The average molecular weight is 276 g/mol. The number of hydrogen-bond acceptors (Lipinski definition) is 2. The molecule has 1 rings (SSSR count). The van der Waals surface area contributed by atoms with E-state index in [0.717, 1.165) is 6.54 Å². The van der Waals surface area contributed by atoms with Crippen molar-refractivity contribution in [1.82, 2.24) is 3.53 Å². The summed E-state index contributed by atoms with van der Waals surface area (Å²) in [5.41, 5.74) is 9.38. The van der Waals surface area contributed by atoms with Gasteiger partial charge in [0, 0.05) is 36.0 Å². The van der Waals surface area contributed by atoms with Gasteiger partial charge >= 0.3 is 0 Å². The second-order valence-corrected chi connectivity index (χ2v) is 3.54. The summed E-state index contributed by atoms with van der Waals surface area (Å²) in [6, 6.07) is 6.35. The Morgan fingerprint density at radius 3 is 2.83 bits per heavy atom. The third kappa shape index (κ3) is 2.43. The number of aryl methyl sites for hydroxylation is 1. The normalized spacial score (nSPS) is 10.2. The lowest BCUT2D eigenvalue weighted by Gasteiger charge is -2.06. The highest BCUT2D eigenvalue weighted by atomic mass is 127. The Labute approximate surface area is 87.0 Å². The molecule has 0 aliphatic rings. The van der Waals surface area contributed by atoms with Gasteiger partial charge in [0.2, 0.25) is 0 Å². The van der Waals surface area contributed by atoms with Gasteiger partial charge in [-0.25, -0.2) is 0 Å². The fourth-order valence-corrected chi connectivity index (χ4v) is 1.53. The molecule has 0 aliphatic carbocycles. The van der Waals surface area contributed by atoms with Gasteiger partial charge in [0.05, 0.1) is 0 Å². The van der Waals surface area contributed by atoms with E-state index in [4.69, 9.17) is 5.73 Å². The highest BCUT2D eigenvalue weighted by Crippen LogP contribution is 2.10. The van der Waals surface area contributed by atoms with E-state index in [1.165, 1.54) is 16.7 Å². The smallest absolute Gasteiger partial charge is 0.0304 e. The van der Waals surface area contributed by atoms with Crippen molar-refractivity contribution in [3.63, 3.8) is 0 Å². The summed E-state index contributed by atoms with van der Waals surface area (Å²) < 4.78 is 3.11. The van der Waals surface area contributed by atoms with Crippen LogP contribution < -0.4 is 9.26 Å². The van der Waals surface area contributed by atoms with Crippen LogP contribution in [-0.2, 0) is 13.1 Å². The third-order valence-electron chi connectivity index (χ3n) is 1.91. The van der Waals surface area contributed by atoms with Crippen molar-refractivity contribution in [1.29, 1.82) is 0 Å². The van der Waals surface area contributed by atoms with E-state index in [1.54, 1.807) is 0 Å². The molecule has 0 amide bonds. The van der Waals surface area contributed by atoms with E-state index in [2.05, 4.69) is 51.5 Å². The number of nitrogens with two attached hydrogens (primary N) is 1.